The molecule has 4 rings (SSSR count). The van der Waals surface area contributed by atoms with E-state index in [2.05, 4.69) is 69.5 Å². The number of nitrogens with zero attached hydrogens (tertiary/aromatic N) is 7. The number of aromatic amines is 1. The highest BCUT2D eigenvalue weighted by molar-refractivity contribution is 9.11. The molecule has 0 bridgehead atoms. The van der Waals surface area contributed by atoms with Gasteiger partial charge in [-0.3, -0.25) is 4.57 Å². The molecule has 3 aromatic heterocycles. The summed E-state index contributed by atoms with van der Waals surface area (Å²) in [6.07, 6.45) is 3.34. The number of tetrazole rings is 1. The van der Waals surface area contributed by atoms with Gasteiger partial charge in [0, 0.05) is 23.0 Å². The minimum Gasteiger partial charge on any atom is -0.300 e. The van der Waals surface area contributed by atoms with Crippen LogP contribution in [0.15, 0.2) is 39.4 Å². The van der Waals surface area contributed by atoms with Gasteiger partial charge in [-0.05, 0) is 78.9 Å². The number of unbranched alkanes of at least 4 members (excludes halogenated alkanes) is 2. The first-order valence-electron chi connectivity index (χ1n) is 11.6. The van der Waals surface area contributed by atoms with Crippen LogP contribution in [-0.4, -0.2) is 40.0 Å². The van der Waals surface area contributed by atoms with Crippen molar-refractivity contribution in [1.82, 2.24) is 40.0 Å². The van der Waals surface area contributed by atoms with Gasteiger partial charge in [0.05, 0.1) is 11.1 Å². The molecule has 0 aliphatic carbocycles. The van der Waals surface area contributed by atoms with Crippen molar-refractivity contribution in [3.05, 3.63) is 56.6 Å². The second-order valence-corrected chi connectivity index (χ2v) is 10.0. The van der Waals surface area contributed by atoms with Crippen molar-refractivity contribution in [2.75, 3.05) is 0 Å². The standard InChI is InChI=1S/C23H26Br2F2N8/c1-3-5-7-19-28-22(23(26,27)12-6-4-2)31-34(19)14-15-8-10-16(11-9-15)35-18(25)13-17(24)20(35)21-29-32-33-30-21/h8-11,13H,3-7,12,14H2,1-2H3,(H,29,30,32,33). The van der Waals surface area contributed by atoms with E-state index in [0.717, 1.165) is 38.9 Å². The Morgan fingerprint density at radius 1 is 1.06 bits per heavy atom. The second kappa shape index (κ2) is 11.1. The van der Waals surface area contributed by atoms with Gasteiger partial charge in [-0.15, -0.1) is 10.2 Å². The third kappa shape index (κ3) is 5.69. The largest absolute Gasteiger partial charge is 0.308 e. The number of aromatic nitrogens is 8. The smallest absolute Gasteiger partial charge is 0.300 e. The molecule has 0 atom stereocenters. The first kappa shape index (κ1) is 25.6. The highest BCUT2D eigenvalue weighted by Gasteiger charge is 2.36. The van der Waals surface area contributed by atoms with Crippen LogP contribution in [-0.2, 0) is 18.9 Å². The molecule has 0 saturated heterocycles. The number of hydrogen-bond donors (Lipinski definition) is 1. The second-order valence-electron chi connectivity index (χ2n) is 8.34. The molecule has 0 radical (unpaired) electrons. The maximum Gasteiger partial charge on any atom is 0.308 e. The Bertz CT molecular complexity index is 1250. The summed E-state index contributed by atoms with van der Waals surface area (Å²) in [7, 11) is 0. The molecule has 8 nitrogen and oxygen atoms in total. The number of aryl methyl sites for hydroxylation is 1. The predicted octanol–water partition coefficient (Wildman–Crippen LogP) is 6.45. The predicted molar refractivity (Wildman–Crippen MR) is 135 cm³/mol. The Morgan fingerprint density at radius 3 is 2.46 bits per heavy atom. The first-order chi connectivity index (χ1) is 16.8. The molecule has 35 heavy (non-hydrogen) atoms. The van der Waals surface area contributed by atoms with Gasteiger partial charge in [-0.25, -0.2) is 14.8 Å². The number of H-pyrrole nitrogens is 1. The Morgan fingerprint density at radius 2 is 1.80 bits per heavy atom. The molecule has 186 valence electrons. The van der Waals surface area contributed by atoms with Crippen LogP contribution in [0.25, 0.3) is 17.2 Å². The molecule has 0 fully saturated rings. The molecule has 0 spiro atoms. The number of benzene rings is 1. The summed E-state index contributed by atoms with van der Waals surface area (Å²) in [6, 6.07) is 9.75. The van der Waals surface area contributed by atoms with E-state index in [1.807, 2.05) is 41.8 Å². The minimum absolute atomic E-state index is 0.236. The zero-order valence-electron chi connectivity index (χ0n) is 19.5. The van der Waals surface area contributed by atoms with Crippen LogP contribution in [0.3, 0.4) is 0 Å². The lowest BCUT2D eigenvalue weighted by atomic mass is 10.1. The maximum atomic E-state index is 14.7. The molecule has 0 saturated carbocycles. The fraction of sp³-hybridized carbons (Fsp3) is 0.435. The van der Waals surface area contributed by atoms with Gasteiger partial charge in [0.1, 0.15) is 11.5 Å². The fourth-order valence-electron chi connectivity index (χ4n) is 3.79. The summed E-state index contributed by atoms with van der Waals surface area (Å²) in [5.41, 5.74) is 2.59. The quantitative estimate of drug-likeness (QED) is 0.211. The van der Waals surface area contributed by atoms with E-state index in [4.69, 9.17) is 0 Å². The van der Waals surface area contributed by atoms with Crippen LogP contribution in [0.5, 0.6) is 0 Å². The Kier molecular flexibility index (Phi) is 8.10. The van der Waals surface area contributed by atoms with Gasteiger partial charge in [0.2, 0.25) is 5.82 Å². The van der Waals surface area contributed by atoms with E-state index in [1.54, 1.807) is 4.68 Å². The van der Waals surface area contributed by atoms with Gasteiger partial charge in [-0.1, -0.05) is 38.8 Å². The zero-order chi connectivity index (χ0) is 25.0. The van der Waals surface area contributed by atoms with E-state index in [1.165, 1.54) is 0 Å². The summed E-state index contributed by atoms with van der Waals surface area (Å²) in [5, 5.41) is 18.4. The van der Waals surface area contributed by atoms with Crippen molar-refractivity contribution in [3.8, 4) is 17.2 Å². The Labute approximate surface area is 218 Å². The van der Waals surface area contributed by atoms with Crippen molar-refractivity contribution in [2.45, 2.75) is 64.8 Å². The number of rotatable bonds is 11. The molecule has 1 N–H and O–H groups in total. The molecule has 0 aliphatic heterocycles. The van der Waals surface area contributed by atoms with E-state index in [9.17, 15) is 8.78 Å². The van der Waals surface area contributed by atoms with E-state index in [-0.39, 0.29) is 12.2 Å². The lowest BCUT2D eigenvalue weighted by Gasteiger charge is -2.12. The highest BCUT2D eigenvalue weighted by Crippen LogP contribution is 2.35. The molecule has 3 heterocycles. The van der Waals surface area contributed by atoms with Crippen molar-refractivity contribution < 1.29 is 8.78 Å². The van der Waals surface area contributed by atoms with Crippen molar-refractivity contribution in [2.24, 2.45) is 0 Å². The molecule has 0 amide bonds. The number of hydrogen-bond acceptors (Lipinski definition) is 5. The SMILES string of the molecule is CCCCc1nc(C(F)(F)CCCC)nn1Cc1ccc(-n2c(Br)cc(Br)c2-c2nnn[nH]2)cc1. The third-order valence-electron chi connectivity index (χ3n) is 5.68. The summed E-state index contributed by atoms with van der Waals surface area (Å²) >= 11 is 7.15. The average molecular weight is 612 g/mol. The van der Waals surface area contributed by atoms with Gasteiger partial charge in [0.25, 0.3) is 0 Å². The Hall–Kier alpha value is -2.47. The van der Waals surface area contributed by atoms with Gasteiger partial charge < -0.3 is 0 Å². The topological polar surface area (TPSA) is 90.1 Å². The van der Waals surface area contributed by atoms with Crippen LogP contribution >= 0.6 is 31.9 Å². The fourth-order valence-corrected chi connectivity index (χ4v) is 5.29. The summed E-state index contributed by atoms with van der Waals surface area (Å²) in [6.45, 7) is 4.33. The summed E-state index contributed by atoms with van der Waals surface area (Å²) < 4.78 is 34.6. The van der Waals surface area contributed by atoms with Crippen molar-refractivity contribution in [1.29, 1.82) is 0 Å². The molecule has 0 aliphatic rings. The minimum atomic E-state index is -3.02. The van der Waals surface area contributed by atoms with E-state index < -0.39 is 5.92 Å². The van der Waals surface area contributed by atoms with Crippen LogP contribution in [0.2, 0.25) is 0 Å². The summed E-state index contributed by atoms with van der Waals surface area (Å²) in [4.78, 5) is 4.25. The lowest BCUT2D eigenvalue weighted by molar-refractivity contribution is -0.0245. The molecular formula is C23H26Br2F2N8. The van der Waals surface area contributed by atoms with Gasteiger partial charge in [-0.2, -0.15) is 8.78 Å². The number of halogens is 4. The Balaban J connectivity index is 1.61. The van der Waals surface area contributed by atoms with Crippen LogP contribution in [0.1, 0.15) is 63.2 Å². The zero-order valence-corrected chi connectivity index (χ0v) is 22.7. The molecule has 4 aromatic rings. The number of alkyl halides is 2. The van der Waals surface area contributed by atoms with Crippen LogP contribution in [0, 0.1) is 0 Å². The van der Waals surface area contributed by atoms with Crippen LogP contribution in [0.4, 0.5) is 8.78 Å². The monoisotopic (exact) mass is 610 g/mol. The summed E-state index contributed by atoms with van der Waals surface area (Å²) in [5.74, 6) is -2.28. The molecule has 12 heteroatoms. The number of nitrogens with one attached hydrogen (secondary N) is 1. The average Bonchev–Trinajstić information content (AvgIpc) is 3.56. The lowest BCUT2D eigenvalue weighted by Crippen LogP contribution is -2.16. The first-order valence-corrected chi connectivity index (χ1v) is 13.1. The van der Waals surface area contributed by atoms with Crippen LogP contribution < -0.4 is 0 Å². The molecule has 1 aromatic carbocycles. The maximum absolute atomic E-state index is 14.7. The highest BCUT2D eigenvalue weighted by atomic mass is 79.9. The van der Waals surface area contributed by atoms with Gasteiger partial charge >= 0.3 is 5.92 Å². The van der Waals surface area contributed by atoms with Crippen molar-refractivity contribution >= 4 is 31.9 Å². The third-order valence-corrected chi connectivity index (χ3v) is 6.87. The van der Waals surface area contributed by atoms with E-state index >= 15 is 0 Å². The molecule has 0 unspecified atom stereocenters. The van der Waals surface area contributed by atoms with Crippen molar-refractivity contribution in [3.63, 3.8) is 0 Å². The molecular weight excluding hydrogens is 586 g/mol. The normalized spacial score (nSPS) is 11.9. The van der Waals surface area contributed by atoms with Gasteiger partial charge in [0.15, 0.2) is 5.82 Å². The van der Waals surface area contributed by atoms with E-state index in [0.29, 0.717) is 37.5 Å².